The fraction of sp³-hybridized carbons (Fsp3) is 0.769. The number of hydrogen-bond donors (Lipinski definition) is 3. The van der Waals surface area contributed by atoms with Crippen molar-refractivity contribution in [1.82, 2.24) is 0 Å². The van der Waals surface area contributed by atoms with Crippen LogP contribution in [0.1, 0.15) is 73.6 Å². The van der Waals surface area contributed by atoms with Crippen LogP contribution in [0.5, 0.6) is 0 Å². The maximum absolute atomic E-state index is 14.0. The van der Waals surface area contributed by atoms with Crippen LogP contribution in [0.2, 0.25) is 0 Å². The van der Waals surface area contributed by atoms with Gasteiger partial charge in [-0.2, -0.15) is 0 Å². The Balaban J connectivity index is 2.38. The summed E-state index contributed by atoms with van der Waals surface area (Å²) >= 11 is 0. The molecule has 0 unspecified atom stereocenters. The van der Waals surface area contributed by atoms with Gasteiger partial charge in [0.2, 0.25) is 0 Å². The largest absolute Gasteiger partial charge is 0.481 e. The number of methoxy groups -OCH3 is 1. The van der Waals surface area contributed by atoms with Crippen LogP contribution in [-0.2, 0) is 23.9 Å². The lowest BCUT2D eigenvalue weighted by Crippen LogP contribution is -2.70. The van der Waals surface area contributed by atoms with Crippen molar-refractivity contribution < 1.29 is 39.2 Å². The Morgan fingerprint density at radius 3 is 2.18 bits per heavy atom. The summed E-state index contributed by atoms with van der Waals surface area (Å²) in [4.78, 5) is 52.9. The number of carbonyl (C=O) groups excluding carboxylic acids is 3. The number of rotatable bonds is 5. The van der Waals surface area contributed by atoms with Gasteiger partial charge in [-0.25, -0.2) is 0 Å². The average molecular weight is 479 g/mol. The Labute approximate surface area is 200 Å². The SMILES string of the molecule is C=C1C[C@@H]2[C@](C)(CCC(=O)O)[C@H](C(C)(C)O)CC[C@]2(C)[C@]2(C(=O)OC)C(=O)[C@@](C)(O)C(=O)[C@@]12C. The first-order valence-electron chi connectivity index (χ1n) is 11.8. The Bertz CT molecular complexity index is 974. The summed E-state index contributed by atoms with van der Waals surface area (Å²) in [5.74, 6) is -4.35. The zero-order valence-corrected chi connectivity index (χ0v) is 21.3. The number of carboxylic acids is 1. The molecule has 190 valence electrons. The summed E-state index contributed by atoms with van der Waals surface area (Å²) < 4.78 is 5.19. The van der Waals surface area contributed by atoms with Gasteiger partial charge >= 0.3 is 11.9 Å². The maximum atomic E-state index is 14.0. The lowest BCUT2D eigenvalue weighted by Gasteiger charge is -2.67. The molecule has 0 saturated heterocycles. The van der Waals surface area contributed by atoms with E-state index in [0.717, 1.165) is 14.0 Å². The molecule has 8 nitrogen and oxygen atoms in total. The van der Waals surface area contributed by atoms with E-state index in [1.54, 1.807) is 20.8 Å². The molecule has 0 amide bonds. The van der Waals surface area contributed by atoms with Crippen LogP contribution < -0.4 is 0 Å². The van der Waals surface area contributed by atoms with Crippen LogP contribution in [0.4, 0.5) is 0 Å². The highest BCUT2D eigenvalue weighted by molar-refractivity contribution is 6.29. The second kappa shape index (κ2) is 7.47. The molecule has 0 bridgehead atoms. The second-order valence-electron chi connectivity index (χ2n) is 12.0. The molecular formula is C26H38O8. The lowest BCUT2D eigenvalue weighted by molar-refractivity contribution is -0.218. The van der Waals surface area contributed by atoms with Crippen LogP contribution in [0, 0.1) is 33.5 Å². The Hall–Kier alpha value is -2.06. The number of fused-ring (bicyclic) bond motifs is 3. The molecule has 0 aromatic carbocycles. The summed E-state index contributed by atoms with van der Waals surface area (Å²) in [5, 5.41) is 31.7. The van der Waals surface area contributed by atoms with E-state index in [-0.39, 0.29) is 25.2 Å². The summed E-state index contributed by atoms with van der Waals surface area (Å²) in [6, 6.07) is 0. The highest BCUT2D eigenvalue weighted by Gasteiger charge is 2.85. The third-order valence-electron chi connectivity index (χ3n) is 9.98. The van der Waals surface area contributed by atoms with Gasteiger partial charge in [-0.05, 0) is 76.0 Å². The molecule has 0 aromatic heterocycles. The maximum Gasteiger partial charge on any atom is 0.321 e. The molecule has 0 spiro atoms. The van der Waals surface area contributed by atoms with E-state index in [2.05, 4.69) is 6.58 Å². The second-order valence-corrected chi connectivity index (χ2v) is 12.0. The molecule has 34 heavy (non-hydrogen) atoms. The number of allylic oxidation sites excluding steroid dienone is 1. The minimum Gasteiger partial charge on any atom is -0.481 e. The van der Waals surface area contributed by atoms with Crippen LogP contribution >= 0.6 is 0 Å². The molecule has 3 saturated carbocycles. The van der Waals surface area contributed by atoms with E-state index < -0.39 is 62.3 Å². The number of aliphatic hydroxyl groups is 2. The zero-order chi connectivity index (χ0) is 26.3. The van der Waals surface area contributed by atoms with E-state index >= 15 is 0 Å². The Kier molecular flexibility index (Phi) is 5.83. The number of ether oxygens (including phenoxy) is 1. The molecule has 3 aliphatic carbocycles. The molecule has 0 radical (unpaired) electrons. The number of esters is 1. The summed E-state index contributed by atoms with van der Waals surface area (Å²) in [7, 11) is 1.16. The molecule has 7 atom stereocenters. The van der Waals surface area contributed by atoms with Gasteiger partial charge in [-0.3, -0.25) is 19.2 Å². The quantitative estimate of drug-likeness (QED) is 0.311. The highest BCUT2D eigenvalue weighted by Crippen LogP contribution is 2.76. The summed E-state index contributed by atoms with van der Waals surface area (Å²) in [5.41, 5.74) is -8.88. The van der Waals surface area contributed by atoms with E-state index in [9.17, 15) is 34.5 Å². The van der Waals surface area contributed by atoms with Crippen molar-refractivity contribution in [2.75, 3.05) is 7.11 Å². The smallest absolute Gasteiger partial charge is 0.321 e. The minimum absolute atomic E-state index is 0.158. The van der Waals surface area contributed by atoms with Crippen LogP contribution in [-0.4, -0.2) is 57.1 Å². The van der Waals surface area contributed by atoms with Crippen molar-refractivity contribution in [3.8, 4) is 0 Å². The number of carbonyl (C=O) groups is 4. The van der Waals surface area contributed by atoms with Gasteiger partial charge in [0.1, 0.15) is 0 Å². The van der Waals surface area contributed by atoms with Crippen LogP contribution in [0.3, 0.4) is 0 Å². The monoisotopic (exact) mass is 478 g/mol. The van der Waals surface area contributed by atoms with Gasteiger partial charge in [-0.1, -0.05) is 26.0 Å². The number of Topliss-reactive ketones (excluding diaryl/α,β-unsaturated/α-hetero) is 2. The number of ketones is 2. The number of aliphatic carboxylic acids is 1. The predicted molar refractivity (Wildman–Crippen MR) is 123 cm³/mol. The summed E-state index contributed by atoms with van der Waals surface area (Å²) in [6.45, 7) is 13.8. The van der Waals surface area contributed by atoms with Gasteiger partial charge in [0, 0.05) is 6.42 Å². The van der Waals surface area contributed by atoms with E-state index in [4.69, 9.17) is 4.74 Å². The topological polar surface area (TPSA) is 138 Å². The average Bonchev–Trinajstić information content (AvgIpc) is 2.84. The predicted octanol–water partition coefficient (Wildman–Crippen LogP) is 2.69. The van der Waals surface area contributed by atoms with Crippen molar-refractivity contribution >= 4 is 23.5 Å². The van der Waals surface area contributed by atoms with Gasteiger partial charge < -0.3 is 20.1 Å². The fourth-order valence-corrected chi connectivity index (χ4v) is 8.45. The third-order valence-corrected chi connectivity index (χ3v) is 9.98. The van der Waals surface area contributed by atoms with Crippen molar-refractivity contribution in [3.05, 3.63) is 12.2 Å². The normalized spacial score (nSPS) is 44.4. The summed E-state index contributed by atoms with van der Waals surface area (Å²) in [6.07, 6.45) is 1.01. The van der Waals surface area contributed by atoms with Crippen LogP contribution in [0.25, 0.3) is 0 Å². The van der Waals surface area contributed by atoms with Crippen molar-refractivity contribution in [1.29, 1.82) is 0 Å². The molecule has 3 rings (SSSR count). The van der Waals surface area contributed by atoms with Gasteiger partial charge in [0.05, 0.1) is 18.1 Å². The van der Waals surface area contributed by atoms with Crippen molar-refractivity contribution in [3.63, 3.8) is 0 Å². The first-order valence-corrected chi connectivity index (χ1v) is 11.8. The molecule has 3 aliphatic rings. The molecule has 3 fully saturated rings. The molecule has 0 aliphatic heterocycles. The number of carboxylic acid groups (broad SMARTS) is 1. The molecule has 8 heteroatoms. The lowest BCUT2D eigenvalue weighted by atomic mass is 9.34. The van der Waals surface area contributed by atoms with E-state index in [1.165, 1.54) is 6.92 Å². The molecule has 0 heterocycles. The van der Waals surface area contributed by atoms with Crippen molar-refractivity contribution in [2.45, 2.75) is 84.8 Å². The highest BCUT2D eigenvalue weighted by atomic mass is 16.5. The molecule has 3 N–H and O–H groups in total. The first-order chi connectivity index (χ1) is 15.3. The fourth-order valence-electron chi connectivity index (χ4n) is 8.45. The number of hydrogen-bond acceptors (Lipinski definition) is 7. The zero-order valence-electron chi connectivity index (χ0n) is 21.3. The van der Waals surface area contributed by atoms with E-state index in [1.807, 2.05) is 6.92 Å². The van der Waals surface area contributed by atoms with Crippen LogP contribution in [0.15, 0.2) is 12.2 Å². The molecular weight excluding hydrogens is 440 g/mol. The van der Waals surface area contributed by atoms with Crippen molar-refractivity contribution in [2.24, 2.45) is 33.5 Å². The molecule has 0 aromatic rings. The Morgan fingerprint density at radius 1 is 1.15 bits per heavy atom. The first kappa shape index (κ1) is 26.5. The minimum atomic E-state index is -2.39. The standard InChI is InChI=1S/C26H38O8/c1-14-13-16-22(4,11-10-17(27)28)15(21(2,3)32)9-12-23(16,5)26(20(31)34-8)19(30)25(7,33)18(29)24(14,26)6/h15-16,32-33H,1,9-13H2,2-8H3,(H,27,28)/t15-,16+,22+,23-,24+,25-,26+/m0/s1. The van der Waals surface area contributed by atoms with Gasteiger partial charge in [-0.15, -0.1) is 0 Å². The van der Waals surface area contributed by atoms with E-state index in [0.29, 0.717) is 18.4 Å². The Morgan fingerprint density at radius 2 is 1.71 bits per heavy atom. The van der Waals surface area contributed by atoms with Gasteiger partial charge in [0.25, 0.3) is 0 Å². The van der Waals surface area contributed by atoms with Gasteiger partial charge in [0.15, 0.2) is 22.6 Å². The third kappa shape index (κ3) is 2.84.